The number of rotatable bonds is 12. The Hall–Kier alpha value is -5.51. The van der Waals surface area contributed by atoms with Crippen LogP contribution in [0.5, 0.6) is 0 Å². The van der Waals surface area contributed by atoms with E-state index in [4.69, 9.17) is 38.9 Å². The molecule has 2 N–H and O–H groups in total. The number of carbonyl (C=O) groups is 7. The van der Waals surface area contributed by atoms with Crippen LogP contribution in [0, 0.1) is 0 Å². The van der Waals surface area contributed by atoms with Crippen molar-refractivity contribution in [3.05, 3.63) is 59.7 Å². The number of amides is 2. The summed E-state index contributed by atoms with van der Waals surface area (Å²) in [5.41, 5.74) is 8.05. The van der Waals surface area contributed by atoms with Gasteiger partial charge in [-0.1, -0.05) is 48.5 Å². The SMILES string of the molecule is CC(=O)OCC1OC(N(C(=O)OCC2c3ccccc3-c3ccccc32)C(CC(N)=O)C(=O)OC(C)(C)C)C(OC(C)=O)C(OC(C)=O)C1OC(C)=O. The van der Waals surface area contributed by atoms with Gasteiger partial charge in [-0.15, -0.1) is 0 Å². The standard InChI is InChI=1S/C37H44N2O14/c1-19(40)47-18-29-31(49-20(2)41)32(50-21(3)42)33(51-22(4)43)34(52-29)39(28(16-30(38)44)35(45)53-37(5,6)7)36(46)48-17-27-25-14-10-8-12-23(25)24-13-9-11-15-26(24)27/h8-15,27-29,31-34H,16-18H2,1-7H3,(H2,38,44). The predicted molar refractivity (Wildman–Crippen MR) is 182 cm³/mol. The maximum absolute atomic E-state index is 14.6. The minimum atomic E-state index is -1.93. The van der Waals surface area contributed by atoms with Crippen LogP contribution in [-0.4, -0.2) is 102 Å². The molecule has 0 bridgehead atoms. The van der Waals surface area contributed by atoms with Gasteiger partial charge in [0.15, 0.2) is 24.5 Å². The van der Waals surface area contributed by atoms with E-state index in [1.165, 1.54) is 0 Å². The van der Waals surface area contributed by atoms with Crippen molar-refractivity contribution >= 4 is 41.8 Å². The zero-order valence-electron chi connectivity index (χ0n) is 30.5. The van der Waals surface area contributed by atoms with Crippen LogP contribution in [0.4, 0.5) is 4.79 Å². The highest BCUT2D eigenvalue weighted by atomic mass is 16.7. The summed E-state index contributed by atoms with van der Waals surface area (Å²) < 4.78 is 39.5. The van der Waals surface area contributed by atoms with Crippen molar-refractivity contribution in [3.8, 4) is 11.1 Å². The van der Waals surface area contributed by atoms with Gasteiger partial charge in [0.25, 0.3) is 0 Å². The molecule has 0 aromatic heterocycles. The lowest BCUT2D eigenvalue weighted by Gasteiger charge is -2.48. The van der Waals surface area contributed by atoms with Gasteiger partial charge in [0, 0.05) is 33.6 Å². The zero-order valence-corrected chi connectivity index (χ0v) is 30.5. The number of hydrogen-bond acceptors (Lipinski definition) is 14. The van der Waals surface area contributed by atoms with Crippen molar-refractivity contribution in [2.75, 3.05) is 13.2 Å². The molecule has 6 unspecified atom stereocenters. The van der Waals surface area contributed by atoms with Gasteiger partial charge in [-0.05, 0) is 43.0 Å². The van der Waals surface area contributed by atoms with Gasteiger partial charge in [-0.3, -0.25) is 28.9 Å². The van der Waals surface area contributed by atoms with Crippen LogP contribution >= 0.6 is 0 Å². The fourth-order valence-electron chi connectivity index (χ4n) is 6.36. The van der Waals surface area contributed by atoms with Crippen LogP contribution in [0.3, 0.4) is 0 Å². The summed E-state index contributed by atoms with van der Waals surface area (Å²) in [5.74, 6) is -6.15. The Labute approximate surface area is 306 Å². The van der Waals surface area contributed by atoms with Gasteiger partial charge in [-0.2, -0.15) is 0 Å². The summed E-state index contributed by atoms with van der Waals surface area (Å²) in [6.45, 7) is 7.96. The number of hydrogen-bond donors (Lipinski definition) is 1. The van der Waals surface area contributed by atoms with E-state index in [-0.39, 0.29) is 6.61 Å². The number of nitrogens with two attached hydrogens (primary N) is 1. The molecule has 0 spiro atoms. The van der Waals surface area contributed by atoms with Gasteiger partial charge in [0.1, 0.15) is 31.0 Å². The minimum absolute atomic E-state index is 0.272. The first kappa shape index (κ1) is 40.3. The van der Waals surface area contributed by atoms with Gasteiger partial charge in [-0.25, -0.2) is 9.59 Å². The molecule has 286 valence electrons. The summed E-state index contributed by atoms with van der Waals surface area (Å²) in [4.78, 5) is 91.0. The summed E-state index contributed by atoms with van der Waals surface area (Å²) in [5, 5.41) is 0. The third-order valence-corrected chi connectivity index (χ3v) is 8.20. The number of fused-ring (bicyclic) bond motifs is 3. The van der Waals surface area contributed by atoms with Crippen LogP contribution < -0.4 is 5.73 Å². The number of nitrogens with zero attached hydrogens (tertiary/aromatic N) is 1. The molecular weight excluding hydrogens is 696 g/mol. The number of primary amides is 1. The molecule has 1 aliphatic carbocycles. The van der Waals surface area contributed by atoms with E-state index < -0.39 is 103 Å². The van der Waals surface area contributed by atoms with E-state index in [9.17, 15) is 33.6 Å². The molecule has 6 atom stereocenters. The highest BCUT2D eigenvalue weighted by Crippen LogP contribution is 2.45. The fraction of sp³-hybridized carbons (Fsp3) is 0.486. The molecule has 0 saturated carbocycles. The third-order valence-electron chi connectivity index (χ3n) is 8.20. The lowest BCUT2D eigenvalue weighted by atomic mass is 9.95. The highest BCUT2D eigenvalue weighted by molar-refractivity contribution is 5.88. The van der Waals surface area contributed by atoms with Crippen molar-refractivity contribution in [1.82, 2.24) is 4.90 Å². The first-order valence-corrected chi connectivity index (χ1v) is 16.8. The van der Waals surface area contributed by atoms with Crippen molar-refractivity contribution in [2.45, 2.75) is 103 Å². The molecule has 1 saturated heterocycles. The Kier molecular flexibility index (Phi) is 12.8. The zero-order chi connectivity index (χ0) is 39.2. The highest BCUT2D eigenvalue weighted by Gasteiger charge is 2.57. The average Bonchev–Trinajstić information content (AvgIpc) is 3.37. The molecule has 1 heterocycles. The Balaban J connectivity index is 1.87. The predicted octanol–water partition coefficient (Wildman–Crippen LogP) is 2.91. The molecule has 2 amide bonds. The molecule has 53 heavy (non-hydrogen) atoms. The summed E-state index contributed by atoms with van der Waals surface area (Å²) in [6, 6.07) is 13.2. The molecule has 4 rings (SSSR count). The molecular formula is C37H44N2O14. The van der Waals surface area contributed by atoms with Crippen LogP contribution in [0.1, 0.15) is 71.9 Å². The first-order valence-electron chi connectivity index (χ1n) is 16.8. The van der Waals surface area contributed by atoms with Crippen LogP contribution in [0.15, 0.2) is 48.5 Å². The minimum Gasteiger partial charge on any atom is -0.463 e. The van der Waals surface area contributed by atoms with E-state index in [1.807, 2.05) is 48.5 Å². The number of esters is 5. The molecule has 16 nitrogen and oxygen atoms in total. The maximum Gasteiger partial charge on any atom is 0.412 e. The summed E-state index contributed by atoms with van der Waals surface area (Å²) in [7, 11) is 0. The first-order chi connectivity index (χ1) is 24.9. The van der Waals surface area contributed by atoms with Gasteiger partial charge in [0.2, 0.25) is 5.91 Å². The average molecular weight is 741 g/mol. The van der Waals surface area contributed by atoms with Crippen LogP contribution in [0.25, 0.3) is 11.1 Å². The van der Waals surface area contributed by atoms with Gasteiger partial charge < -0.3 is 38.9 Å². The molecule has 1 fully saturated rings. The van der Waals surface area contributed by atoms with Crippen LogP contribution in [-0.2, 0) is 61.9 Å². The number of benzene rings is 2. The Morgan fingerprint density at radius 3 is 1.72 bits per heavy atom. The van der Waals surface area contributed by atoms with Gasteiger partial charge in [0.05, 0.1) is 6.42 Å². The smallest absolute Gasteiger partial charge is 0.412 e. The van der Waals surface area contributed by atoms with E-state index >= 15 is 0 Å². The topological polar surface area (TPSA) is 213 Å². The normalized spacial score (nSPS) is 21.2. The Morgan fingerprint density at radius 1 is 0.717 bits per heavy atom. The Bertz CT molecular complexity index is 1690. The largest absolute Gasteiger partial charge is 0.463 e. The quantitative estimate of drug-likeness (QED) is 0.245. The molecule has 2 aromatic rings. The lowest BCUT2D eigenvalue weighted by molar-refractivity contribution is -0.277. The number of carbonyl (C=O) groups excluding carboxylic acids is 7. The summed E-state index contributed by atoms with van der Waals surface area (Å²) in [6.07, 6.45) is -10.6. The number of ether oxygens (including phenoxy) is 7. The van der Waals surface area contributed by atoms with E-state index in [2.05, 4.69) is 0 Å². The lowest BCUT2D eigenvalue weighted by Crippen LogP contribution is -2.69. The van der Waals surface area contributed by atoms with E-state index in [1.54, 1.807) is 20.8 Å². The second-order valence-corrected chi connectivity index (χ2v) is 13.5. The van der Waals surface area contributed by atoms with E-state index in [0.717, 1.165) is 49.9 Å². The molecule has 16 heteroatoms. The molecule has 2 aromatic carbocycles. The van der Waals surface area contributed by atoms with Crippen molar-refractivity contribution in [3.63, 3.8) is 0 Å². The molecule has 2 aliphatic rings. The van der Waals surface area contributed by atoms with Gasteiger partial charge >= 0.3 is 35.9 Å². The maximum atomic E-state index is 14.6. The van der Waals surface area contributed by atoms with Crippen molar-refractivity contribution in [2.24, 2.45) is 5.73 Å². The monoisotopic (exact) mass is 740 g/mol. The second kappa shape index (κ2) is 16.9. The fourth-order valence-corrected chi connectivity index (χ4v) is 6.36. The van der Waals surface area contributed by atoms with Crippen LogP contribution in [0.2, 0.25) is 0 Å². The van der Waals surface area contributed by atoms with Crippen molar-refractivity contribution < 1.29 is 66.7 Å². The Morgan fingerprint density at radius 2 is 1.23 bits per heavy atom. The molecule has 1 aliphatic heterocycles. The summed E-state index contributed by atoms with van der Waals surface area (Å²) >= 11 is 0. The molecule has 0 radical (unpaired) electrons. The second-order valence-electron chi connectivity index (χ2n) is 13.5. The van der Waals surface area contributed by atoms with E-state index in [0.29, 0.717) is 4.90 Å². The van der Waals surface area contributed by atoms with Crippen molar-refractivity contribution in [1.29, 1.82) is 0 Å². The third kappa shape index (κ3) is 10.1.